The van der Waals surface area contributed by atoms with Gasteiger partial charge in [-0.1, -0.05) is 66.9 Å². The number of aryl methyl sites for hydroxylation is 3. The number of carbonyl (C=O) groups is 2. The lowest BCUT2D eigenvalue weighted by atomic mass is 9.94. The zero-order valence-corrected chi connectivity index (χ0v) is 34.1. The Morgan fingerprint density at radius 3 is 1.05 bits per heavy atom. The lowest BCUT2D eigenvalue weighted by Crippen LogP contribution is -2.63. The van der Waals surface area contributed by atoms with Crippen LogP contribution in [-0.4, -0.2) is 124 Å². The summed E-state index contributed by atoms with van der Waals surface area (Å²) in [6.45, 7) is 4.76. The van der Waals surface area contributed by atoms with E-state index in [1.54, 1.807) is 71.0 Å². The molecular weight excluding hydrogens is 771 g/mol. The number of aliphatic hydroxyl groups excluding tert-OH is 2. The maximum atomic E-state index is 14.2. The van der Waals surface area contributed by atoms with Crippen LogP contribution in [0.4, 0.5) is 0 Å². The number of hydrogen-bond acceptors (Lipinski definition) is 10. The molecule has 0 spiro atoms. The third-order valence-electron chi connectivity index (χ3n) is 9.52. The highest BCUT2D eigenvalue weighted by Crippen LogP contribution is 2.22. The van der Waals surface area contributed by atoms with Gasteiger partial charge in [0.05, 0.1) is 52.1 Å². The van der Waals surface area contributed by atoms with Crippen molar-refractivity contribution < 1.29 is 45.1 Å². The fraction of sp³-hybridized carbons (Fsp3) is 0.459. The molecule has 1 aliphatic heterocycles. The van der Waals surface area contributed by atoms with Crippen LogP contribution in [-0.2, 0) is 39.7 Å². The SMILES string of the molecule is CCC(O)C1NC(=O)CN(S(=O)(=O)c2ccc(C)cc2)CCN(S(=O)(=O)c2ccc(C)cc2)CCN(S(=O)(=O)c2ccc(C)cc2)CC(=O)NC1C(O)CC. The highest BCUT2D eigenvalue weighted by molar-refractivity contribution is 7.89. The average molecular weight is 822 g/mol. The second-order valence-corrected chi connectivity index (χ2v) is 19.5. The second kappa shape index (κ2) is 18.5. The third-order valence-corrected chi connectivity index (χ3v) is 15.2. The number of nitrogens with one attached hydrogen (secondary N) is 2. The average Bonchev–Trinajstić information content (AvgIpc) is 3.14. The molecule has 0 saturated carbocycles. The van der Waals surface area contributed by atoms with Gasteiger partial charge in [-0.3, -0.25) is 9.59 Å². The van der Waals surface area contributed by atoms with Crippen molar-refractivity contribution >= 4 is 41.9 Å². The summed E-state index contributed by atoms with van der Waals surface area (Å²) < 4.78 is 87.6. The van der Waals surface area contributed by atoms with E-state index in [2.05, 4.69) is 10.6 Å². The van der Waals surface area contributed by atoms with Crippen molar-refractivity contribution in [1.82, 2.24) is 23.5 Å². The van der Waals surface area contributed by atoms with Crippen molar-refractivity contribution in [2.24, 2.45) is 0 Å². The highest BCUT2D eigenvalue weighted by Gasteiger charge is 2.38. The van der Waals surface area contributed by atoms with Gasteiger partial charge in [-0.25, -0.2) is 25.3 Å². The lowest BCUT2D eigenvalue weighted by Gasteiger charge is -2.35. The fourth-order valence-electron chi connectivity index (χ4n) is 6.09. The predicted molar refractivity (Wildman–Crippen MR) is 206 cm³/mol. The maximum Gasteiger partial charge on any atom is 0.243 e. The molecule has 18 heteroatoms. The zero-order valence-electron chi connectivity index (χ0n) is 31.6. The summed E-state index contributed by atoms with van der Waals surface area (Å²) in [7, 11) is -13.3. The first-order valence-electron chi connectivity index (χ1n) is 18.0. The minimum atomic E-state index is -4.46. The maximum absolute atomic E-state index is 14.2. The number of sulfonamides is 3. The van der Waals surface area contributed by atoms with Gasteiger partial charge in [-0.05, 0) is 70.0 Å². The van der Waals surface area contributed by atoms with E-state index in [9.17, 15) is 45.1 Å². The van der Waals surface area contributed by atoms with Crippen LogP contribution < -0.4 is 10.6 Å². The number of amides is 2. The van der Waals surface area contributed by atoms with E-state index in [0.29, 0.717) is 0 Å². The summed E-state index contributed by atoms with van der Waals surface area (Å²) in [5.41, 5.74) is 2.32. The zero-order chi connectivity index (χ0) is 40.7. The number of benzene rings is 3. The molecule has 302 valence electrons. The van der Waals surface area contributed by atoms with Crippen LogP contribution in [0.2, 0.25) is 0 Å². The molecule has 4 unspecified atom stereocenters. The molecule has 1 saturated heterocycles. The molecule has 4 atom stereocenters. The number of hydrogen-bond donors (Lipinski definition) is 4. The highest BCUT2D eigenvalue weighted by atomic mass is 32.2. The quantitative estimate of drug-likeness (QED) is 0.232. The Morgan fingerprint density at radius 2 is 0.782 bits per heavy atom. The number of carbonyl (C=O) groups excluding carboxylic acids is 2. The van der Waals surface area contributed by atoms with Gasteiger partial charge in [0.15, 0.2) is 0 Å². The summed E-state index contributed by atoms with van der Waals surface area (Å²) in [6.07, 6.45) is -2.57. The van der Waals surface area contributed by atoms with Crippen molar-refractivity contribution in [2.75, 3.05) is 39.3 Å². The van der Waals surface area contributed by atoms with Crippen molar-refractivity contribution in [2.45, 2.75) is 86.4 Å². The van der Waals surface area contributed by atoms with Crippen LogP contribution in [0, 0.1) is 20.8 Å². The first-order valence-corrected chi connectivity index (χ1v) is 22.3. The van der Waals surface area contributed by atoms with Crippen LogP contribution in [0.5, 0.6) is 0 Å². The molecule has 3 aromatic rings. The van der Waals surface area contributed by atoms with Gasteiger partial charge in [0.1, 0.15) is 0 Å². The van der Waals surface area contributed by atoms with E-state index in [-0.39, 0.29) is 27.5 Å². The van der Waals surface area contributed by atoms with E-state index in [1.165, 1.54) is 36.4 Å². The first-order chi connectivity index (χ1) is 25.8. The summed E-state index contributed by atoms with van der Waals surface area (Å²) >= 11 is 0. The van der Waals surface area contributed by atoms with Crippen LogP contribution in [0.15, 0.2) is 87.5 Å². The largest absolute Gasteiger partial charge is 0.391 e. The molecule has 0 aliphatic carbocycles. The minimum Gasteiger partial charge on any atom is -0.391 e. The molecule has 15 nitrogen and oxygen atoms in total. The van der Waals surface area contributed by atoms with E-state index in [0.717, 1.165) is 29.6 Å². The van der Waals surface area contributed by atoms with Crippen molar-refractivity contribution in [3.05, 3.63) is 89.5 Å². The molecular formula is C37H51N5O10S3. The summed E-state index contributed by atoms with van der Waals surface area (Å²) in [5.74, 6) is -1.80. The molecule has 4 N–H and O–H groups in total. The van der Waals surface area contributed by atoms with E-state index in [1.807, 2.05) is 0 Å². The van der Waals surface area contributed by atoms with Crippen LogP contribution in [0.1, 0.15) is 43.4 Å². The Bertz CT molecular complexity index is 2000. The van der Waals surface area contributed by atoms with E-state index in [4.69, 9.17) is 0 Å². The molecule has 2 amide bonds. The first kappa shape index (κ1) is 44.0. The predicted octanol–water partition coefficient (Wildman–Crippen LogP) is 1.51. The minimum absolute atomic E-state index is 0.0545. The van der Waals surface area contributed by atoms with Gasteiger partial charge in [-0.2, -0.15) is 12.9 Å². The molecule has 0 radical (unpaired) electrons. The summed E-state index contributed by atoms with van der Waals surface area (Å²) in [5, 5.41) is 27.4. The third kappa shape index (κ3) is 10.8. The van der Waals surface area contributed by atoms with Crippen molar-refractivity contribution in [1.29, 1.82) is 0 Å². The van der Waals surface area contributed by atoms with E-state index < -0.39 is 105 Å². The normalized spacial score (nSPS) is 20.8. The Kier molecular flexibility index (Phi) is 14.8. The number of nitrogens with zero attached hydrogens (tertiary/aromatic N) is 3. The monoisotopic (exact) mass is 821 g/mol. The number of rotatable bonds is 10. The van der Waals surface area contributed by atoms with Crippen molar-refractivity contribution in [3.63, 3.8) is 0 Å². The molecule has 0 aromatic heterocycles. The van der Waals surface area contributed by atoms with Gasteiger partial charge >= 0.3 is 0 Å². The smallest absolute Gasteiger partial charge is 0.243 e. The molecule has 4 rings (SSSR count). The molecule has 0 bridgehead atoms. The summed E-state index contributed by atoms with van der Waals surface area (Å²) in [6, 6.07) is 15.0. The van der Waals surface area contributed by atoms with Gasteiger partial charge < -0.3 is 20.8 Å². The van der Waals surface area contributed by atoms with Crippen LogP contribution in [0.3, 0.4) is 0 Å². The van der Waals surface area contributed by atoms with E-state index >= 15 is 0 Å². The Hall–Kier alpha value is -3.75. The Labute approximate surface area is 324 Å². The molecule has 55 heavy (non-hydrogen) atoms. The Morgan fingerprint density at radius 1 is 0.527 bits per heavy atom. The number of aliphatic hydroxyl groups is 2. The molecule has 1 heterocycles. The standard InChI is InChI=1S/C37H51N5O10S3/c1-6-32(43)36-37(33(44)7-2)39-35(46)25-42(55(51,52)31-18-12-28(5)13-19-31)23-21-40(53(47,48)29-14-8-26(3)9-15-29)20-22-41(24-34(45)38-36)54(49,50)30-16-10-27(4)11-17-30/h8-19,32-33,36-37,43-44H,6-7,20-25H2,1-5H3,(H,38,45)(H,39,46). The van der Waals surface area contributed by atoms with Gasteiger partial charge in [-0.15, -0.1) is 0 Å². The molecule has 3 aromatic carbocycles. The Balaban J connectivity index is 1.89. The van der Waals surface area contributed by atoms with Crippen LogP contribution in [0.25, 0.3) is 0 Å². The molecule has 1 aliphatic rings. The second-order valence-electron chi connectivity index (χ2n) is 13.7. The topological polar surface area (TPSA) is 211 Å². The van der Waals surface area contributed by atoms with Gasteiger partial charge in [0, 0.05) is 26.2 Å². The summed E-state index contributed by atoms with van der Waals surface area (Å²) in [4.78, 5) is 27.1. The van der Waals surface area contributed by atoms with Gasteiger partial charge in [0.25, 0.3) is 0 Å². The van der Waals surface area contributed by atoms with Crippen molar-refractivity contribution in [3.8, 4) is 0 Å². The fourth-order valence-corrected chi connectivity index (χ4v) is 10.3. The van der Waals surface area contributed by atoms with Crippen LogP contribution >= 0.6 is 0 Å². The lowest BCUT2D eigenvalue weighted by molar-refractivity contribution is -0.127. The van der Waals surface area contributed by atoms with Gasteiger partial charge in [0.2, 0.25) is 41.9 Å². The molecule has 1 fully saturated rings.